The lowest BCUT2D eigenvalue weighted by Gasteiger charge is -2.10. The molecule has 0 saturated carbocycles. The van der Waals surface area contributed by atoms with Gasteiger partial charge in [0.25, 0.3) is 0 Å². The van der Waals surface area contributed by atoms with E-state index < -0.39 is 0 Å². The first kappa shape index (κ1) is 61.7. The van der Waals surface area contributed by atoms with Gasteiger partial charge in [-0.1, -0.05) is 87.0 Å². The van der Waals surface area contributed by atoms with Crippen molar-refractivity contribution in [2.24, 2.45) is 0 Å². The van der Waals surface area contributed by atoms with E-state index in [0.29, 0.717) is 64.6 Å². The van der Waals surface area contributed by atoms with Gasteiger partial charge < -0.3 is 16.0 Å². The Hall–Kier alpha value is -8.34. The summed E-state index contributed by atoms with van der Waals surface area (Å²) in [6, 6.07) is 25.3. The number of aromatic nitrogens is 18. The molecule has 0 spiro atoms. The summed E-state index contributed by atoms with van der Waals surface area (Å²) >= 11 is 22.6. The van der Waals surface area contributed by atoms with Crippen LogP contribution in [0.15, 0.2) is 110 Å². The standard InChI is InChI=1S/3C19H19ClFN7S/c3*1-11-9-12(2)28(25-11)13(3)18-23-24-19(29-18)22-17-7-8-27(26-17)10-14-15(20)5-4-6-16(14)21/h3*4-9,13H,10H2,1-3H3,(H,22,24,26)/t2*13-;/m10./s1. The molecule has 0 aliphatic carbocycles. The Balaban J connectivity index is 0.000000144. The average molecular weight is 1300 g/mol. The summed E-state index contributed by atoms with van der Waals surface area (Å²) in [5, 5.41) is 67.2. The van der Waals surface area contributed by atoms with Crippen molar-refractivity contribution >= 4 is 102 Å². The molecule has 0 amide bonds. The lowest BCUT2D eigenvalue weighted by Crippen LogP contribution is -2.10. The van der Waals surface area contributed by atoms with E-state index in [1.165, 1.54) is 52.2 Å². The largest absolute Gasteiger partial charge is 0.313 e. The minimum Gasteiger partial charge on any atom is -0.313 e. The zero-order valence-corrected chi connectivity index (χ0v) is 53.0. The maximum absolute atomic E-state index is 14.0. The second-order valence-corrected chi connectivity index (χ2v) is 24.4. The topological polar surface area (TPSA) is 220 Å². The number of aryl methyl sites for hydroxylation is 6. The molecular weight excluding hydrogens is 1240 g/mol. The molecular formula is C57H57Cl3F3N21S3. The van der Waals surface area contributed by atoms with Gasteiger partial charge in [-0.3, -0.25) is 28.1 Å². The van der Waals surface area contributed by atoms with Crippen LogP contribution in [-0.4, -0.2) is 89.3 Å². The summed E-state index contributed by atoms with van der Waals surface area (Å²) in [4.78, 5) is 0. The second-order valence-electron chi connectivity index (χ2n) is 20.2. The number of hydrogen-bond acceptors (Lipinski definition) is 18. The Kier molecular flexibility index (Phi) is 19.3. The van der Waals surface area contributed by atoms with E-state index in [4.69, 9.17) is 34.8 Å². The second kappa shape index (κ2) is 27.1. The molecule has 12 rings (SSSR count). The molecule has 1 unspecified atom stereocenters. The minimum absolute atomic E-state index is 0.0162. The van der Waals surface area contributed by atoms with E-state index in [-0.39, 0.29) is 55.2 Å². The van der Waals surface area contributed by atoms with E-state index in [0.717, 1.165) is 49.2 Å². The summed E-state index contributed by atoms with van der Waals surface area (Å²) in [6.07, 6.45) is 5.27. The van der Waals surface area contributed by atoms with Crippen LogP contribution in [-0.2, 0) is 19.6 Å². The molecule has 0 aliphatic rings. The molecule has 0 bridgehead atoms. The van der Waals surface area contributed by atoms with Gasteiger partial charge in [0.2, 0.25) is 15.4 Å². The highest BCUT2D eigenvalue weighted by molar-refractivity contribution is 7.16. The Morgan fingerprint density at radius 1 is 0.402 bits per heavy atom. The molecule has 0 aliphatic heterocycles. The van der Waals surface area contributed by atoms with Gasteiger partial charge in [0.15, 0.2) is 17.5 Å². The Morgan fingerprint density at radius 3 is 0.920 bits per heavy atom. The third-order valence-electron chi connectivity index (χ3n) is 13.4. The summed E-state index contributed by atoms with van der Waals surface area (Å²) in [5.41, 5.74) is 7.34. The molecule has 3 N–H and O–H groups in total. The van der Waals surface area contributed by atoms with Gasteiger partial charge in [-0.2, -0.15) is 30.6 Å². The smallest absolute Gasteiger partial charge is 0.211 e. The highest BCUT2D eigenvalue weighted by atomic mass is 35.5. The fourth-order valence-corrected chi connectivity index (χ4v) is 12.2. The van der Waals surface area contributed by atoms with Crippen LogP contribution in [0.25, 0.3) is 0 Å². The molecule has 21 nitrogen and oxygen atoms in total. The maximum Gasteiger partial charge on any atom is 0.211 e. The van der Waals surface area contributed by atoms with Gasteiger partial charge in [-0.25, -0.2) is 13.2 Å². The van der Waals surface area contributed by atoms with Crippen molar-refractivity contribution in [3.8, 4) is 0 Å². The first-order chi connectivity index (χ1) is 41.7. The highest BCUT2D eigenvalue weighted by Crippen LogP contribution is 2.31. The molecule has 0 fully saturated rings. The molecule has 30 heteroatoms. The monoisotopic (exact) mass is 1290 g/mol. The number of benzene rings is 3. The SMILES string of the molecule is Cc1cc(C)n(C(C)c2nnc(Nc3ccn(Cc4c(F)cccc4Cl)n3)s2)n1.Cc1cc(C)n([C@@H](C)c2nnc(Nc3ccn(Cc4c(F)cccc4Cl)n3)s2)n1.Cc1cc(C)n([C@H](C)c2nnc(Nc3ccn(Cc4c(F)cccc4Cl)n3)s2)n1. The van der Waals surface area contributed by atoms with Crippen molar-refractivity contribution in [2.75, 3.05) is 16.0 Å². The van der Waals surface area contributed by atoms with E-state index in [1.54, 1.807) is 87.2 Å². The third-order valence-corrected chi connectivity index (χ3v) is 17.5. The van der Waals surface area contributed by atoms with Crippen molar-refractivity contribution in [3.05, 3.63) is 208 Å². The Labute approximate surface area is 524 Å². The van der Waals surface area contributed by atoms with Crippen LogP contribution < -0.4 is 16.0 Å². The van der Waals surface area contributed by atoms with E-state index in [2.05, 4.69) is 77.1 Å². The minimum atomic E-state index is -0.352. The molecule has 12 aromatic rings. The van der Waals surface area contributed by atoms with Crippen molar-refractivity contribution in [2.45, 2.75) is 100 Å². The van der Waals surface area contributed by atoms with Crippen LogP contribution in [0.5, 0.6) is 0 Å². The van der Waals surface area contributed by atoms with Gasteiger partial charge in [-0.05, 0) is 117 Å². The molecule has 450 valence electrons. The number of nitrogens with one attached hydrogen (secondary N) is 3. The third kappa shape index (κ3) is 15.1. The van der Waals surface area contributed by atoms with Gasteiger partial charge in [-0.15, -0.1) is 30.6 Å². The normalized spacial score (nSPS) is 12.3. The molecule has 3 atom stereocenters. The number of halogens is 6. The number of nitrogens with zero attached hydrogens (tertiary/aromatic N) is 18. The number of anilines is 6. The fourth-order valence-electron chi connectivity index (χ4n) is 9.20. The Morgan fingerprint density at radius 2 is 0.678 bits per heavy atom. The van der Waals surface area contributed by atoms with Crippen molar-refractivity contribution < 1.29 is 13.2 Å². The van der Waals surface area contributed by atoms with Gasteiger partial charge in [0.05, 0.1) is 36.7 Å². The van der Waals surface area contributed by atoms with Gasteiger partial charge in [0.1, 0.15) is 50.6 Å². The van der Waals surface area contributed by atoms with E-state index in [9.17, 15) is 13.2 Å². The molecule has 0 saturated heterocycles. The summed E-state index contributed by atoms with van der Waals surface area (Å²) in [6.45, 7) is 18.8. The summed E-state index contributed by atoms with van der Waals surface area (Å²) < 4.78 is 52.6. The highest BCUT2D eigenvalue weighted by Gasteiger charge is 2.21. The quantitative estimate of drug-likeness (QED) is 0.0727. The molecule has 9 aromatic heterocycles. The lowest BCUT2D eigenvalue weighted by atomic mass is 10.2. The number of hydrogen-bond donors (Lipinski definition) is 3. The zero-order valence-electron chi connectivity index (χ0n) is 48.3. The van der Waals surface area contributed by atoms with Crippen LogP contribution >= 0.6 is 68.8 Å². The van der Waals surface area contributed by atoms with Crippen LogP contribution in [0.3, 0.4) is 0 Å². The fraction of sp³-hybridized carbons (Fsp3) is 0.263. The lowest BCUT2D eigenvalue weighted by molar-refractivity contribution is 0.540. The maximum atomic E-state index is 14.0. The van der Waals surface area contributed by atoms with E-state index >= 15 is 0 Å². The molecule has 3 aromatic carbocycles. The summed E-state index contributed by atoms with van der Waals surface area (Å²) in [5.74, 6) is 0.732. The predicted molar refractivity (Wildman–Crippen MR) is 334 cm³/mol. The first-order valence-corrected chi connectivity index (χ1v) is 30.6. The zero-order chi connectivity index (χ0) is 61.6. The molecule has 87 heavy (non-hydrogen) atoms. The van der Waals surface area contributed by atoms with Gasteiger partial charge in [0, 0.05) is 85.6 Å². The van der Waals surface area contributed by atoms with Crippen LogP contribution in [0.1, 0.15) is 105 Å². The van der Waals surface area contributed by atoms with Gasteiger partial charge >= 0.3 is 0 Å². The molecule has 0 radical (unpaired) electrons. The average Bonchev–Trinajstić information content (AvgIpc) is 3.59. The van der Waals surface area contributed by atoms with Crippen molar-refractivity contribution in [1.82, 2.24) is 89.3 Å². The van der Waals surface area contributed by atoms with Crippen molar-refractivity contribution in [3.63, 3.8) is 0 Å². The van der Waals surface area contributed by atoms with Crippen LogP contribution in [0, 0.1) is 59.0 Å². The number of rotatable bonds is 18. The van der Waals surface area contributed by atoms with E-state index in [1.807, 2.05) is 94.6 Å². The summed E-state index contributed by atoms with van der Waals surface area (Å²) in [7, 11) is 0. The van der Waals surface area contributed by atoms with Crippen LogP contribution in [0.2, 0.25) is 15.1 Å². The predicted octanol–water partition coefficient (Wildman–Crippen LogP) is 14.2. The Bertz CT molecular complexity index is 3820. The molecule has 9 heterocycles. The van der Waals surface area contributed by atoms with Crippen molar-refractivity contribution in [1.29, 1.82) is 0 Å². The first-order valence-electron chi connectivity index (χ1n) is 27.0. The van der Waals surface area contributed by atoms with Crippen LogP contribution in [0.4, 0.5) is 46.0 Å².